The second-order valence-corrected chi connectivity index (χ2v) is 6.93. The van der Waals surface area contributed by atoms with Gasteiger partial charge >= 0.3 is 6.03 Å². The molecule has 1 aliphatic rings. The van der Waals surface area contributed by atoms with Crippen LogP contribution in [0.1, 0.15) is 27.5 Å². The summed E-state index contributed by atoms with van der Waals surface area (Å²) in [5.41, 5.74) is 2.57. The van der Waals surface area contributed by atoms with Crippen molar-refractivity contribution in [1.29, 1.82) is 0 Å². The Balaban J connectivity index is 1.49. The Morgan fingerprint density at radius 2 is 1.83 bits per heavy atom. The predicted molar refractivity (Wildman–Crippen MR) is 113 cm³/mol. The number of methoxy groups -OCH3 is 1. The van der Waals surface area contributed by atoms with E-state index in [1.54, 1.807) is 36.4 Å². The Kier molecular flexibility index (Phi) is 5.61. The minimum Gasteiger partial charge on any atom is -0.497 e. The van der Waals surface area contributed by atoms with E-state index < -0.39 is 0 Å². The third-order valence-corrected chi connectivity index (χ3v) is 5.06. The van der Waals surface area contributed by atoms with Gasteiger partial charge in [-0.15, -0.1) is 0 Å². The van der Waals surface area contributed by atoms with E-state index in [1.165, 1.54) is 0 Å². The molecule has 0 spiro atoms. The van der Waals surface area contributed by atoms with Crippen molar-refractivity contribution >= 4 is 17.8 Å². The van der Waals surface area contributed by atoms with Gasteiger partial charge in [0.25, 0.3) is 5.91 Å². The zero-order valence-electron chi connectivity index (χ0n) is 16.5. The number of nitrogens with zero attached hydrogens (tertiary/aromatic N) is 2. The average molecular weight is 402 g/mol. The largest absolute Gasteiger partial charge is 0.497 e. The molecule has 1 atom stereocenters. The summed E-state index contributed by atoms with van der Waals surface area (Å²) in [6, 6.07) is 19.8. The molecule has 1 aromatic heterocycles. The minimum absolute atomic E-state index is 0.0432. The van der Waals surface area contributed by atoms with Gasteiger partial charge in [0.1, 0.15) is 11.6 Å². The number of rotatable bonds is 6. The Morgan fingerprint density at radius 1 is 1.07 bits per heavy atom. The van der Waals surface area contributed by atoms with Gasteiger partial charge in [0, 0.05) is 24.8 Å². The molecule has 7 nitrogen and oxygen atoms in total. The lowest BCUT2D eigenvalue weighted by Gasteiger charge is -2.26. The number of carbonyl (C=O) groups excluding carboxylic acids is 2. The molecule has 0 saturated carbocycles. The number of aromatic nitrogens is 1. The molecule has 3 aromatic rings. The first kappa shape index (κ1) is 19.4. The molecule has 152 valence electrons. The van der Waals surface area contributed by atoms with Crippen LogP contribution in [-0.4, -0.2) is 35.5 Å². The van der Waals surface area contributed by atoms with Gasteiger partial charge in [-0.05, 0) is 41.5 Å². The average Bonchev–Trinajstić information content (AvgIpc) is 3.05. The number of benzene rings is 2. The van der Waals surface area contributed by atoms with Crippen LogP contribution < -0.4 is 15.4 Å². The molecule has 0 aliphatic carbocycles. The maximum Gasteiger partial charge on any atom is 0.320 e. The fourth-order valence-electron chi connectivity index (χ4n) is 3.56. The van der Waals surface area contributed by atoms with Crippen molar-refractivity contribution in [2.24, 2.45) is 0 Å². The number of ether oxygens (including phenoxy) is 1. The molecule has 30 heavy (non-hydrogen) atoms. The normalized spacial score (nSPS) is 14.9. The molecule has 0 fully saturated rings. The van der Waals surface area contributed by atoms with Crippen LogP contribution >= 0.6 is 0 Å². The van der Waals surface area contributed by atoms with Crippen LogP contribution in [0.15, 0.2) is 72.9 Å². The van der Waals surface area contributed by atoms with Gasteiger partial charge < -0.3 is 15.0 Å². The highest BCUT2D eigenvalue weighted by molar-refractivity contribution is 5.99. The van der Waals surface area contributed by atoms with E-state index in [-0.39, 0.29) is 24.5 Å². The van der Waals surface area contributed by atoms with Gasteiger partial charge in [-0.2, -0.15) is 0 Å². The second-order valence-electron chi connectivity index (χ2n) is 6.93. The SMILES string of the molecule is COc1ccc(CN2C(=O)c3ccccc3C2CNC(=O)Nc2ccccn2)cc1. The van der Waals surface area contributed by atoms with Gasteiger partial charge in [0.2, 0.25) is 0 Å². The standard InChI is InChI=1S/C23H22N4O3/c1-30-17-11-9-16(10-12-17)15-27-20(18-6-2-3-7-19(18)22(27)28)14-25-23(29)26-21-8-4-5-13-24-21/h2-13,20H,14-15H2,1H3,(H2,24,25,26,29). The van der Waals surface area contributed by atoms with Crippen molar-refractivity contribution in [3.05, 3.63) is 89.6 Å². The lowest BCUT2D eigenvalue weighted by molar-refractivity contribution is 0.0710. The summed E-state index contributed by atoms with van der Waals surface area (Å²) in [5, 5.41) is 5.56. The molecule has 2 N–H and O–H groups in total. The lowest BCUT2D eigenvalue weighted by atomic mass is 10.0. The number of anilines is 1. The van der Waals surface area contributed by atoms with Crippen LogP contribution in [-0.2, 0) is 6.54 Å². The number of hydrogen-bond donors (Lipinski definition) is 2. The van der Waals surface area contributed by atoms with Gasteiger partial charge in [-0.1, -0.05) is 36.4 Å². The minimum atomic E-state index is -0.366. The van der Waals surface area contributed by atoms with Crippen LogP contribution in [0.5, 0.6) is 5.75 Å². The Morgan fingerprint density at radius 3 is 2.57 bits per heavy atom. The summed E-state index contributed by atoms with van der Waals surface area (Å²) in [6.07, 6.45) is 1.61. The number of pyridine rings is 1. The van der Waals surface area contributed by atoms with Gasteiger partial charge in [-0.3, -0.25) is 10.1 Å². The van der Waals surface area contributed by atoms with Crippen molar-refractivity contribution in [3.63, 3.8) is 0 Å². The molecule has 0 bridgehead atoms. The monoisotopic (exact) mass is 402 g/mol. The Hall–Kier alpha value is -3.87. The van der Waals surface area contributed by atoms with Crippen LogP contribution in [0.3, 0.4) is 0 Å². The fourth-order valence-corrected chi connectivity index (χ4v) is 3.56. The van der Waals surface area contributed by atoms with E-state index >= 15 is 0 Å². The first-order valence-corrected chi connectivity index (χ1v) is 9.64. The van der Waals surface area contributed by atoms with E-state index in [1.807, 2.05) is 48.5 Å². The number of amides is 3. The predicted octanol–water partition coefficient (Wildman–Crippen LogP) is 3.61. The van der Waals surface area contributed by atoms with E-state index in [0.717, 1.165) is 16.9 Å². The quantitative estimate of drug-likeness (QED) is 0.660. The molecular weight excluding hydrogens is 380 g/mol. The van der Waals surface area contributed by atoms with E-state index in [0.29, 0.717) is 17.9 Å². The van der Waals surface area contributed by atoms with Crippen LogP contribution in [0.25, 0.3) is 0 Å². The maximum absolute atomic E-state index is 13.0. The van der Waals surface area contributed by atoms with E-state index in [4.69, 9.17) is 4.74 Å². The smallest absolute Gasteiger partial charge is 0.320 e. The summed E-state index contributed by atoms with van der Waals surface area (Å²) in [5.74, 6) is 1.19. The number of nitrogens with one attached hydrogen (secondary N) is 2. The van der Waals surface area contributed by atoms with Gasteiger partial charge in [-0.25, -0.2) is 9.78 Å². The van der Waals surface area contributed by atoms with Gasteiger partial charge in [0.05, 0.1) is 13.2 Å². The first-order chi connectivity index (χ1) is 14.7. The maximum atomic E-state index is 13.0. The molecule has 7 heteroatoms. The topological polar surface area (TPSA) is 83.6 Å². The molecule has 0 radical (unpaired) electrons. The number of carbonyl (C=O) groups is 2. The summed E-state index contributed by atoms with van der Waals surface area (Å²) < 4.78 is 5.21. The van der Waals surface area contributed by atoms with Gasteiger partial charge in [0.15, 0.2) is 0 Å². The van der Waals surface area contributed by atoms with E-state index in [2.05, 4.69) is 15.6 Å². The highest BCUT2D eigenvalue weighted by Gasteiger charge is 2.36. The zero-order chi connectivity index (χ0) is 20.9. The van der Waals surface area contributed by atoms with Crippen molar-refractivity contribution in [2.45, 2.75) is 12.6 Å². The molecular formula is C23H22N4O3. The third-order valence-electron chi connectivity index (χ3n) is 5.06. The third kappa shape index (κ3) is 4.10. The van der Waals surface area contributed by atoms with Crippen molar-refractivity contribution in [2.75, 3.05) is 19.0 Å². The number of hydrogen-bond acceptors (Lipinski definition) is 4. The number of fused-ring (bicyclic) bond motifs is 1. The van der Waals surface area contributed by atoms with Crippen LogP contribution in [0.2, 0.25) is 0 Å². The summed E-state index contributed by atoms with van der Waals surface area (Å²) in [7, 11) is 1.62. The van der Waals surface area contributed by atoms with E-state index in [9.17, 15) is 9.59 Å². The summed E-state index contributed by atoms with van der Waals surface area (Å²) >= 11 is 0. The number of urea groups is 1. The van der Waals surface area contributed by atoms with Crippen molar-refractivity contribution < 1.29 is 14.3 Å². The first-order valence-electron chi connectivity index (χ1n) is 9.64. The lowest BCUT2D eigenvalue weighted by Crippen LogP contribution is -2.38. The van der Waals surface area contributed by atoms with Crippen molar-refractivity contribution in [3.8, 4) is 5.75 Å². The molecule has 1 aliphatic heterocycles. The molecule has 2 heterocycles. The highest BCUT2D eigenvalue weighted by atomic mass is 16.5. The fraction of sp³-hybridized carbons (Fsp3) is 0.174. The molecule has 4 rings (SSSR count). The Labute approximate surface area is 174 Å². The second kappa shape index (κ2) is 8.65. The highest BCUT2D eigenvalue weighted by Crippen LogP contribution is 2.34. The van der Waals surface area contributed by atoms with Crippen LogP contribution in [0.4, 0.5) is 10.6 Å². The summed E-state index contributed by atoms with van der Waals surface area (Å²) in [6.45, 7) is 0.725. The molecule has 3 amide bonds. The molecule has 0 saturated heterocycles. The zero-order valence-corrected chi connectivity index (χ0v) is 16.5. The Bertz CT molecular complexity index is 1040. The summed E-state index contributed by atoms with van der Waals surface area (Å²) in [4.78, 5) is 31.2. The molecule has 1 unspecified atom stereocenters. The molecule has 2 aromatic carbocycles. The van der Waals surface area contributed by atoms with Crippen LogP contribution in [0, 0.1) is 0 Å². The van der Waals surface area contributed by atoms with Crippen molar-refractivity contribution in [1.82, 2.24) is 15.2 Å².